The van der Waals surface area contributed by atoms with Gasteiger partial charge in [-0.1, -0.05) is 0 Å². The van der Waals surface area contributed by atoms with Gasteiger partial charge in [0.05, 0.1) is 12.8 Å². The minimum atomic E-state index is 0.539. The van der Waals surface area contributed by atoms with Gasteiger partial charge >= 0.3 is 0 Å². The molecule has 1 rings (SSSR count). The molecule has 1 aromatic rings. The Bertz CT molecular complexity index is 273. The molecule has 0 bridgehead atoms. The number of methoxy groups -OCH3 is 1. The first kappa shape index (κ1) is 12.2. The highest BCUT2D eigenvalue weighted by Crippen LogP contribution is 2.11. The zero-order chi connectivity index (χ0) is 11.1. The van der Waals surface area contributed by atoms with E-state index in [-0.39, 0.29) is 0 Å². The minimum Gasteiger partial charge on any atom is -0.468 e. The lowest BCUT2D eigenvalue weighted by Crippen LogP contribution is -2.20. The van der Waals surface area contributed by atoms with E-state index in [1.54, 1.807) is 13.4 Å². The standard InChI is InChI=1S/C11H20N2O2/c1-13(5-3-6-14-2)9-11-10(8-12)4-7-15-11/h4,7H,3,5-6,8-9,12H2,1-2H3. The van der Waals surface area contributed by atoms with Crippen LogP contribution in [0.4, 0.5) is 0 Å². The van der Waals surface area contributed by atoms with Crippen molar-refractivity contribution < 1.29 is 9.15 Å². The molecular formula is C11H20N2O2. The Balaban J connectivity index is 2.33. The second-order valence-corrected chi connectivity index (χ2v) is 3.66. The van der Waals surface area contributed by atoms with E-state index < -0.39 is 0 Å². The molecule has 4 nitrogen and oxygen atoms in total. The Kier molecular flexibility index (Phi) is 5.39. The lowest BCUT2D eigenvalue weighted by Gasteiger charge is -2.15. The van der Waals surface area contributed by atoms with Crippen molar-refractivity contribution in [2.45, 2.75) is 19.5 Å². The van der Waals surface area contributed by atoms with Gasteiger partial charge in [-0.2, -0.15) is 0 Å². The zero-order valence-electron chi connectivity index (χ0n) is 9.53. The Morgan fingerprint density at radius 1 is 1.53 bits per heavy atom. The first-order valence-corrected chi connectivity index (χ1v) is 5.20. The van der Waals surface area contributed by atoms with Crippen LogP contribution < -0.4 is 5.73 Å². The third-order valence-corrected chi connectivity index (χ3v) is 2.36. The van der Waals surface area contributed by atoms with Gasteiger partial charge in [-0.05, 0) is 19.5 Å². The molecule has 0 atom stereocenters. The van der Waals surface area contributed by atoms with Gasteiger partial charge < -0.3 is 14.9 Å². The van der Waals surface area contributed by atoms with Crippen molar-refractivity contribution >= 4 is 0 Å². The molecule has 0 unspecified atom stereocenters. The molecule has 0 fully saturated rings. The molecule has 15 heavy (non-hydrogen) atoms. The molecule has 0 spiro atoms. The normalized spacial score (nSPS) is 11.2. The van der Waals surface area contributed by atoms with Crippen LogP contribution in [0.15, 0.2) is 16.7 Å². The Labute approximate surface area is 91.0 Å². The van der Waals surface area contributed by atoms with E-state index in [4.69, 9.17) is 14.9 Å². The van der Waals surface area contributed by atoms with E-state index in [0.717, 1.165) is 37.4 Å². The molecule has 4 heteroatoms. The molecular weight excluding hydrogens is 192 g/mol. The van der Waals surface area contributed by atoms with Crippen LogP contribution in [0.3, 0.4) is 0 Å². The third-order valence-electron chi connectivity index (χ3n) is 2.36. The number of ether oxygens (including phenoxy) is 1. The fraction of sp³-hybridized carbons (Fsp3) is 0.636. The van der Waals surface area contributed by atoms with Crippen molar-refractivity contribution in [2.75, 3.05) is 27.3 Å². The van der Waals surface area contributed by atoms with Crippen molar-refractivity contribution in [3.63, 3.8) is 0 Å². The second kappa shape index (κ2) is 6.61. The number of rotatable bonds is 7. The van der Waals surface area contributed by atoms with E-state index in [9.17, 15) is 0 Å². The largest absolute Gasteiger partial charge is 0.468 e. The van der Waals surface area contributed by atoms with Crippen LogP contribution in [0.2, 0.25) is 0 Å². The lowest BCUT2D eigenvalue weighted by molar-refractivity contribution is 0.175. The van der Waals surface area contributed by atoms with E-state index in [0.29, 0.717) is 6.54 Å². The number of nitrogens with zero attached hydrogens (tertiary/aromatic N) is 1. The minimum absolute atomic E-state index is 0.539. The van der Waals surface area contributed by atoms with Crippen molar-refractivity contribution in [3.8, 4) is 0 Å². The lowest BCUT2D eigenvalue weighted by atomic mass is 10.2. The van der Waals surface area contributed by atoms with Crippen LogP contribution in [0.1, 0.15) is 17.7 Å². The van der Waals surface area contributed by atoms with Gasteiger partial charge in [0.2, 0.25) is 0 Å². The van der Waals surface area contributed by atoms with Crippen molar-refractivity contribution in [1.82, 2.24) is 4.90 Å². The molecule has 0 aliphatic rings. The van der Waals surface area contributed by atoms with Gasteiger partial charge in [0, 0.05) is 32.4 Å². The molecule has 1 heterocycles. The van der Waals surface area contributed by atoms with Gasteiger partial charge in [0.1, 0.15) is 5.76 Å². The number of furan rings is 1. The fourth-order valence-electron chi connectivity index (χ4n) is 1.49. The summed E-state index contributed by atoms with van der Waals surface area (Å²) in [5, 5.41) is 0. The van der Waals surface area contributed by atoms with Crippen LogP contribution in [0, 0.1) is 0 Å². The van der Waals surface area contributed by atoms with Crippen LogP contribution in [-0.2, 0) is 17.8 Å². The predicted molar refractivity (Wildman–Crippen MR) is 59.4 cm³/mol. The van der Waals surface area contributed by atoms with Crippen LogP contribution >= 0.6 is 0 Å². The molecule has 0 aliphatic carbocycles. The average Bonchev–Trinajstić information content (AvgIpc) is 2.65. The molecule has 0 saturated carbocycles. The summed E-state index contributed by atoms with van der Waals surface area (Å²) >= 11 is 0. The number of hydrogen-bond donors (Lipinski definition) is 1. The van der Waals surface area contributed by atoms with E-state index in [2.05, 4.69) is 11.9 Å². The number of hydrogen-bond acceptors (Lipinski definition) is 4. The SMILES string of the molecule is COCCCN(C)Cc1occc1CN. The predicted octanol–water partition coefficient (Wildman–Crippen LogP) is 1.21. The molecule has 2 N–H and O–H groups in total. The first-order valence-electron chi connectivity index (χ1n) is 5.20. The molecule has 0 saturated heterocycles. The van der Waals surface area contributed by atoms with Gasteiger partial charge in [-0.25, -0.2) is 0 Å². The summed E-state index contributed by atoms with van der Waals surface area (Å²) in [6.07, 6.45) is 2.73. The highest BCUT2D eigenvalue weighted by atomic mass is 16.5. The summed E-state index contributed by atoms with van der Waals surface area (Å²) in [5.41, 5.74) is 6.69. The molecule has 86 valence electrons. The molecule has 1 aromatic heterocycles. The first-order chi connectivity index (χ1) is 7.27. The fourth-order valence-corrected chi connectivity index (χ4v) is 1.49. The third kappa shape index (κ3) is 4.03. The van der Waals surface area contributed by atoms with Crippen molar-refractivity contribution in [2.24, 2.45) is 5.73 Å². The monoisotopic (exact) mass is 212 g/mol. The summed E-state index contributed by atoms with van der Waals surface area (Å²) in [7, 11) is 3.79. The van der Waals surface area contributed by atoms with Gasteiger partial charge in [0.15, 0.2) is 0 Å². The Hall–Kier alpha value is -0.840. The van der Waals surface area contributed by atoms with E-state index in [1.807, 2.05) is 6.07 Å². The van der Waals surface area contributed by atoms with Crippen LogP contribution in [0.25, 0.3) is 0 Å². The summed E-state index contributed by atoms with van der Waals surface area (Å²) in [5.74, 6) is 0.970. The molecule has 0 radical (unpaired) electrons. The summed E-state index contributed by atoms with van der Waals surface area (Å²) in [6.45, 7) is 3.14. The average molecular weight is 212 g/mol. The number of nitrogens with two attached hydrogens (primary N) is 1. The van der Waals surface area contributed by atoms with Gasteiger partial charge in [-0.15, -0.1) is 0 Å². The Morgan fingerprint density at radius 2 is 2.33 bits per heavy atom. The molecule has 0 amide bonds. The van der Waals surface area contributed by atoms with E-state index >= 15 is 0 Å². The highest BCUT2D eigenvalue weighted by Gasteiger charge is 2.07. The maximum atomic E-state index is 5.59. The summed E-state index contributed by atoms with van der Waals surface area (Å²) in [6, 6.07) is 1.93. The smallest absolute Gasteiger partial charge is 0.122 e. The second-order valence-electron chi connectivity index (χ2n) is 3.66. The van der Waals surface area contributed by atoms with Crippen molar-refractivity contribution in [3.05, 3.63) is 23.7 Å². The Morgan fingerprint density at radius 3 is 3.00 bits per heavy atom. The molecule has 0 aliphatic heterocycles. The van der Waals surface area contributed by atoms with E-state index in [1.165, 1.54) is 0 Å². The van der Waals surface area contributed by atoms with Crippen molar-refractivity contribution in [1.29, 1.82) is 0 Å². The quantitative estimate of drug-likeness (QED) is 0.690. The maximum absolute atomic E-state index is 5.59. The highest BCUT2D eigenvalue weighted by molar-refractivity contribution is 5.16. The maximum Gasteiger partial charge on any atom is 0.122 e. The van der Waals surface area contributed by atoms with Crippen LogP contribution in [0.5, 0.6) is 0 Å². The van der Waals surface area contributed by atoms with Gasteiger partial charge in [-0.3, -0.25) is 4.90 Å². The van der Waals surface area contributed by atoms with Crippen LogP contribution in [-0.4, -0.2) is 32.2 Å². The molecule has 0 aromatic carbocycles. The van der Waals surface area contributed by atoms with Gasteiger partial charge in [0.25, 0.3) is 0 Å². The summed E-state index contributed by atoms with van der Waals surface area (Å²) in [4.78, 5) is 2.21. The summed E-state index contributed by atoms with van der Waals surface area (Å²) < 4.78 is 10.4. The zero-order valence-corrected chi connectivity index (χ0v) is 9.53. The topological polar surface area (TPSA) is 51.6 Å².